The van der Waals surface area contributed by atoms with Gasteiger partial charge in [-0.1, -0.05) is 0 Å². The lowest BCUT2D eigenvalue weighted by molar-refractivity contribution is 0.621. The van der Waals surface area contributed by atoms with Gasteiger partial charge in [0.2, 0.25) is 0 Å². The average molecular weight is 311 g/mol. The van der Waals surface area contributed by atoms with Crippen LogP contribution >= 0.6 is 15.9 Å². The van der Waals surface area contributed by atoms with Gasteiger partial charge in [-0.05, 0) is 59.6 Å². The first kappa shape index (κ1) is 13.1. The number of rotatable bonds is 4. The first-order chi connectivity index (χ1) is 8.61. The molecule has 4 heteroatoms. The lowest BCUT2D eigenvalue weighted by atomic mass is 10.2. The number of anilines is 1. The van der Waals surface area contributed by atoms with Gasteiger partial charge in [-0.25, -0.2) is 4.39 Å². The minimum Gasteiger partial charge on any atom is -0.379 e. The number of hydrogen-bond acceptors (Lipinski definition) is 1. The molecule has 18 heavy (non-hydrogen) atoms. The molecule has 0 radical (unpaired) electrons. The van der Waals surface area contributed by atoms with E-state index in [-0.39, 0.29) is 5.82 Å². The van der Waals surface area contributed by atoms with Crippen LogP contribution in [-0.4, -0.2) is 4.57 Å². The summed E-state index contributed by atoms with van der Waals surface area (Å²) in [6.45, 7) is 5.71. The lowest BCUT2D eigenvalue weighted by Gasteiger charge is -2.12. The molecule has 1 aromatic carbocycles. The van der Waals surface area contributed by atoms with Gasteiger partial charge < -0.3 is 9.88 Å². The van der Waals surface area contributed by atoms with Crippen LogP contribution in [-0.2, 0) is 13.1 Å². The minimum atomic E-state index is -0.242. The summed E-state index contributed by atoms with van der Waals surface area (Å²) in [5.41, 5.74) is 3.05. The minimum absolute atomic E-state index is 0.242. The Kier molecular flexibility index (Phi) is 4.07. The van der Waals surface area contributed by atoms with Crippen molar-refractivity contribution in [1.29, 1.82) is 0 Å². The molecule has 0 aliphatic carbocycles. The second kappa shape index (κ2) is 5.57. The third kappa shape index (κ3) is 2.75. The van der Waals surface area contributed by atoms with E-state index in [0.717, 1.165) is 17.8 Å². The highest BCUT2D eigenvalue weighted by atomic mass is 79.9. The summed E-state index contributed by atoms with van der Waals surface area (Å²) < 4.78 is 16.1. The number of hydrogen-bond donors (Lipinski definition) is 1. The SMILES string of the molecule is CCn1cccc1CNc1cc(F)c(Br)cc1C. The van der Waals surface area contributed by atoms with Crippen molar-refractivity contribution in [2.45, 2.75) is 26.9 Å². The molecule has 0 spiro atoms. The van der Waals surface area contributed by atoms with Gasteiger partial charge in [0.05, 0.1) is 11.0 Å². The summed E-state index contributed by atoms with van der Waals surface area (Å²) in [6.07, 6.45) is 2.05. The highest BCUT2D eigenvalue weighted by molar-refractivity contribution is 9.10. The van der Waals surface area contributed by atoms with E-state index in [1.165, 1.54) is 11.8 Å². The standard InChI is InChI=1S/C14H16BrFN2/c1-3-18-6-4-5-11(18)9-17-14-8-13(16)12(15)7-10(14)2/h4-8,17H,3,9H2,1-2H3. The molecule has 0 saturated carbocycles. The molecule has 1 N–H and O–H groups in total. The van der Waals surface area contributed by atoms with Gasteiger partial charge in [0, 0.05) is 24.1 Å². The summed E-state index contributed by atoms with van der Waals surface area (Å²) in [5.74, 6) is -0.242. The molecule has 0 amide bonds. The molecule has 0 saturated heterocycles. The largest absolute Gasteiger partial charge is 0.379 e. The monoisotopic (exact) mass is 310 g/mol. The molecule has 0 bridgehead atoms. The van der Waals surface area contributed by atoms with Crippen molar-refractivity contribution in [1.82, 2.24) is 4.57 Å². The molecular formula is C14H16BrFN2. The van der Waals surface area contributed by atoms with E-state index in [1.54, 1.807) is 6.07 Å². The Morgan fingerprint density at radius 1 is 1.39 bits per heavy atom. The van der Waals surface area contributed by atoms with Crippen LogP contribution in [0, 0.1) is 12.7 Å². The van der Waals surface area contributed by atoms with Gasteiger partial charge in [0.1, 0.15) is 5.82 Å². The highest BCUT2D eigenvalue weighted by Crippen LogP contribution is 2.24. The van der Waals surface area contributed by atoms with Gasteiger partial charge in [-0.2, -0.15) is 0 Å². The van der Waals surface area contributed by atoms with Gasteiger partial charge in [0.15, 0.2) is 0 Å². The van der Waals surface area contributed by atoms with E-state index in [4.69, 9.17) is 0 Å². The zero-order valence-electron chi connectivity index (χ0n) is 10.5. The van der Waals surface area contributed by atoms with E-state index in [9.17, 15) is 4.39 Å². The van der Waals surface area contributed by atoms with Crippen LogP contribution in [0.3, 0.4) is 0 Å². The normalized spacial score (nSPS) is 10.7. The van der Waals surface area contributed by atoms with Gasteiger partial charge in [-0.3, -0.25) is 0 Å². The zero-order valence-corrected chi connectivity index (χ0v) is 12.1. The molecule has 2 nitrogen and oxygen atoms in total. The van der Waals surface area contributed by atoms with E-state index in [1.807, 2.05) is 19.2 Å². The fourth-order valence-electron chi connectivity index (χ4n) is 1.94. The van der Waals surface area contributed by atoms with Crippen molar-refractivity contribution in [2.75, 3.05) is 5.32 Å². The van der Waals surface area contributed by atoms with E-state index >= 15 is 0 Å². The molecule has 0 aliphatic rings. The van der Waals surface area contributed by atoms with E-state index in [2.05, 4.69) is 38.8 Å². The smallest absolute Gasteiger partial charge is 0.139 e. The number of aryl methyl sites for hydroxylation is 2. The van der Waals surface area contributed by atoms with Crippen molar-refractivity contribution in [3.63, 3.8) is 0 Å². The maximum absolute atomic E-state index is 13.5. The van der Waals surface area contributed by atoms with Crippen molar-refractivity contribution in [3.8, 4) is 0 Å². The summed E-state index contributed by atoms with van der Waals surface area (Å²) >= 11 is 3.19. The maximum atomic E-state index is 13.5. The zero-order chi connectivity index (χ0) is 13.1. The summed E-state index contributed by atoms with van der Waals surface area (Å²) in [5, 5.41) is 3.28. The van der Waals surface area contributed by atoms with Crippen molar-refractivity contribution >= 4 is 21.6 Å². The van der Waals surface area contributed by atoms with Crippen LogP contribution in [0.25, 0.3) is 0 Å². The van der Waals surface area contributed by atoms with Crippen molar-refractivity contribution in [3.05, 3.63) is 52.0 Å². The highest BCUT2D eigenvalue weighted by Gasteiger charge is 2.06. The number of benzene rings is 1. The molecular weight excluding hydrogens is 295 g/mol. The van der Waals surface area contributed by atoms with E-state index < -0.39 is 0 Å². The Labute approximate surface area is 115 Å². The molecule has 1 aromatic heterocycles. The predicted molar refractivity (Wildman–Crippen MR) is 76.3 cm³/mol. The fourth-order valence-corrected chi connectivity index (χ4v) is 2.40. The van der Waals surface area contributed by atoms with Crippen LogP contribution in [0.2, 0.25) is 0 Å². The first-order valence-electron chi connectivity index (χ1n) is 5.95. The predicted octanol–water partition coefficient (Wildman–Crippen LogP) is 4.33. The number of nitrogens with one attached hydrogen (secondary N) is 1. The van der Waals surface area contributed by atoms with Crippen LogP contribution in [0.1, 0.15) is 18.2 Å². The Hall–Kier alpha value is -1.29. The average Bonchev–Trinajstić information content (AvgIpc) is 2.79. The Morgan fingerprint density at radius 3 is 2.89 bits per heavy atom. The number of nitrogens with zero attached hydrogens (tertiary/aromatic N) is 1. The fraction of sp³-hybridized carbons (Fsp3) is 0.286. The molecule has 2 aromatic rings. The van der Waals surface area contributed by atoms with Crippen molar-refractivity contribution in [2.24, 2.45) is 0 Å². The molecule has 0 aliphatic heterocycles. The second-order valence-corrected chi connectivity index (χ2v) is 5.07. The van der Waals surface area contributed by atoms with Crippen LogP contribution in [0.15, 0.2) is 34.9 Å². The summed E-state index contributed by atoms with van der Waals surface area (Å²) in [4.78, 5) is 0. The maximum Gasteiger partial charge on any atom is 0.139 e. The summed E-state index contributed by atoms with van der Waals surface area (Å²) in [6, 6.07) is 7.41. The topological polar surface area (TPSA) is 17.0 Å². The van der Waals surface area contributed by atoms with Crippen molar-refractivity contribution < 1.29 is 4.39 Å². The molecule has 1 heterocycles. The van der Waals surface area contributed by atoms with Gasteiger partial charge in [0.25, 0.3) is 0 Å². The first-order valence-corrected chi connectivity index (χ1v) is 6.74. The molecule has 96 valence electrons. The van der Waals surface area contributed by atoms with E-state index in [0.29, 0.717) is 11.0 Å². The molecule has 2 rings (SSSR count). The Balaban J connectivity index is 2.13. The Morgan fingerprint density at radius 2 is 2.17 bits per heavy atom. The lowest BCUT2D eigenvalue weighted by Crippen LogP contribution is -2.07. The summed E-state index contributed by atoms with van der Waals surface area (Å²) in [7, 11) is 0. The van der Waals surface area contributed by atoms with Gasteiger partial charge in [-0.15, -0.1) is 0 Å². The van der Waals surface area contributed by atoms with Crippen LogP contribution in [0.4, 0.5) is 10.1 Å². The molecule has 0 fully saturated rings. The third-order valence-corrected chi connectivity index (χ3v) is 3.60. The molecule has 0 unspecified atom stereocenters. The third-order valence-electron chi connectivity index (χ3n) is 2.99. The second-order valence-electron chi connectivity index (χ2n) is 4.22. The van der Waals surface area contributed by atoms with Crippen LogP contribution < -0.4 is 5.32 Å². The quantitative estimate of drug-likeness (QED) is 0.889. The Bertz CT molecular complexity index is 549. The number of halogens is 2. The molecule has 0 atom stereocenters. The van der Waals surface area contributed by atoms with Crippen LogP contribution in [0.5, 0.6) is 0 Å². The number of aromatic nitrogens is 1. The van der Waals surface area contributed by atoms with Gasteiger partial charge >= 0.3 is 0 Å².